The van der Waals surface area contributed by atoms with Crippen molar-refractivity contribution in [3.05, 3.63) is 109 Å². The molecule has 140 valence electrons. The fourth-order valence-corrected chi connectivity index (χ4v) is 6.48. The van der Waals surface area contributed by atoms with Crippen molar-refractivity contribution in [2.24, 2.45) is 0 Å². The summed E-state index contributed by atoms with van der Waals surface area (Å²) < 4.78 is 0. The second-order valence-electron chi connectivity index (χ2n) is 7.23. The molecule has 0 saturated heterocycles. The normalized spacial score (nSPS) is 10.7. The van der Waals surface area contributed by atoms with E-state index in [2.05, 4.69) is 113 Å². The monoisotopic (exact) mass is 382 g/mol. The molecule has 0 nitrogen and oxygen atoms in total. The van der Waals surface area contributed by atoms with Gasteiger partial charge in [0.25, 0.3) is 0 Å². The minimum Gasteiger partial charge on any atom is -0.0955 e. The van der Waals surface area contributed by atoms with Gasteiger partial charge in [0.05, 0.1) is 0 Å². The Balaban J connectivity index is 2.40. The predicted octanol–water partition coefficient (Wildman–Crippen LogP) is 6.54. The molecule has 0 unspecified atom stereocenters. The van der Waals surface area contributed by atoms with Crippen molar-refractivity contribution in [2.45, 2.75) is 20.8 Å². The zero-order chi connectivity index (χ0) is 20.3. The van der Waals surface area contributed by atoms with Gasteiger partial charge in [0.2, 0.25) is 0 Å². The van der Waals surface area contributed by atoms with Crippen LogP contribution in [-0.2, 0) is 0 Å². The molecule has 0 radical (unpaired) electrons. The molecule has 0 saturated carbocycles. The molecule has 0 amide bonds. The smallest absolute Gasteiger partial charge is 0.00758 e. The second kappa shape index (κ2) is 8.55. The lowest BCUT2D eigenvalue weighted by molar-refractivity contribution is 1.60. The summed E-state index contributed by atoms with van der Waals surface area (Å²) in [5, 5.41) is 3.98. The summed E-state index contributed by atoms with van der Waals surface area (Å²) in [6.07, 6.45) is 0. The zero-order valence-electron chi connectivity index (χ0n) is 17.0. The van der Waals surface area contributed by atoms with Gasteiger partial charge in [0.1, 0.15) is 0 Å². The van der Waals surface area contributed by atoms with E-state index in [0.29, 0.717) is 0 Å². The number of benzene rings is 3. The first kappa shape index (κ1) is 20.1. The number of rotatable bonds is 6. The Kier molecular flexibility index (Phi) is 6.12. The number of hydrogen-bond acceptors (Lipinski definition) is 0. The van der Waals surface area contributed by atoms with Crippen LogP contribution in [0, 0.1) is 0 Å². The average molecular weight is 382 g/mol. The molecule has 3 rings (SSSR count). The maximum absolute atomic E-state index is 4.25. The van der Waals surface area contributed by atoms with Crippen LogP contribution in [0.4, 0.5) is 0 Å². The first-order valence-corrected chi connectivity index (χ1v) is 10.8. The molecule has 0 N–H and O–H groups in total. The van der Waals surface area contributed by atoms with Crippen LogP contribution in [0.2, 0.25) is 0 Å². The van der Waals surface area contributed by atoms with E-state index >= 15 is 0 Å². The molecule has 0 heterocycles. The van der Waals surface area contributed by atoms with Crippen LogP contribution >= 0.6 is 7.92 Å². The van der Waals surface area contributed by atoms with Crippen molar-refractivity contribution < 1.29 is 0 Å². The summed E-state index contributed by atoms with van der Waals surface area (Å²) >= 11 is 0. The van der Waals surface area contributed by atoms with Crippen LogP contribution in [0.5, 0.6) is 0 Å². The van der Waals surface area contributed by atoms with Crippen LogP contribution in [0.1, 0.15) is 37.5 Å². The van der Waals surface area contributed by atoms with Gasteiger partial charge in [-0.3, -0.25) is 0 Å². The topological polar surface area (TPSA) is 0 Å². The van der Waals surface area contributed by atoms with Crippen molar-refractivity contribution >= 4 is 40.6 Å². The van der Waals surface area contributed by atoms with Crippen LogP contribution in [0.25, 0.3) is 16.7 Å². The highest BCUT2D eigenvalue weighted by molar-refractivity contribution is 7.80. The van der Waals surface area contributed by atoms with E-state index in [1.165, 1.54) is 32.6 Å². The molecule has 3 aromatic rings. The first-order chi connectivity index (χ1) is 13.4. The van der Waals surface area contributed by atoms with Gasteiger partial charge in [-0.15, -0.1) is 0 Å². The standard InChI is InChI=1S/C27H27P/c1-19(2)22-13-7-10-16-25(22)28(26-17-11-8-14-23(26)20(3)4)27-18-12-9-15-24(27)21(5)6/h7-18H,1,3,5H2,2,4,6H3. The fraction of sp³-hybridized carbons (Fsp3) is 0.111. The Morgan fingerprint density at radius 1 is 0.500 bits per heavy atom. The molecule has 0 spiro atoms. The Hall–Kier alpha value is -2.69. The SMILES string of the molecule is C=C(C)c1ccccc1P(c1ccccc1C(=C)C)c1ccccc1C(=C)C. The molecule has 0 aliphatic heterocycles. The quantitative estimate of drug-likeness (QED) is 0.424. The summed E-state index contributed by atoms with van der Waals surface area (Å²) in [5.41, 5.74) is 6.93. The molecule has 0 atom stereocenters. The van der Waals surface area contributed by atoms with E-state index in [0.717, 1.165) is 16.7 Å². The van der Waals surface area contributed by atoms with Gasteiger partial charge in [-0.1, -0.05) is 109 Å². The van der Waals surface area contributed by atoms with E-state index in [1.54, 1.807) is 0 Å². The van der Waals surface area contributed by atoms with E-state index in [9.17, 15) is 0 Å². The fourth-order valence-electron chi connectivity index (χ4n) is 3.48. The average Bonchev–Trinajstić information content (AvgIpc) is 2.69. The molecule has 1 heteroatoms. The lowest BCUT2D eigenvalue weighted by Gasteiger charge is -2.27. The van der Waals surface area contributed by atoms with Crippen molar-refractivity contribution in [1.82, 2.24) is 0 Å². The minimum absolute atomic E-state index is 0.788. The van der Waals surface area contributed by atoms with Crippen LogP contribution < -0.4 is 15.9 Å². The molecule has 0 aliphatic carbocycles. The molecule has 0 bridgehead atoms. The summed E-state index contributed by atoms with van der Waals surface area (Å²) in [6.45, 7) is 19.0. The van der Waals surface area contributed by atoms with Crippen LogP contribution in [0.3, 0.4) is 0 Å². The van der Waals surface area contributed by atoms with Crippen molar-refractivity contribution in [3.8, 4) is 0 Å². The highest BCUT2D eigenvalue weighted by atomic mass is 31.1. The van der Waals surface area contributed by atoms with Gasteiger partial charge in [-0.25, -0.2) is 0 Å². The van der Waals surface area contributed by atoms with E-state index in [1.807, 2.05) is 0 Å². The van der Waals surface area contributed by atoms with Crippen molar-refractivity contribution in [3.63, 3.8) is 0 Å². The highest BCUT2D eigenvalue weighted by Gasteiger charge is 2.24. The first-order valence-electron chi connectivity index (χ1n) is 9.46. The summed E-state index contributed by atoms with van der Waals surface area (Å²) in [5.74, 6) is 0. The van der Waals surface area contributed by atoms with Gasteiger partial charge in [-0.05, 0) is 61.3 Å². The van der Waals surface area contributed by atoms with Gasteiger partial charge in [0, 0.05) is 0 Å². The molecule has 0 fully saturated rings. The Morgan fingerprint density at radius 2 is 0.750 bits per heavy atom. The van der Waals surface area contributed by atoms with E-state index in [4.69, 9.17) is 0 Å². The summed E-state index contributed by atoms with van der Waals surface area (Å²) in [7, 11) is -0.788. The molecule has 0 aliphatic rings. The van der Waals surface area contributed by atoms with Crippen molar-refractivity contribution in [1.29, 1.82) is 0 Å². The molecule has 0 aromatic heterocycles. The van der Waals surface area contributed by atoms with Gasteiger partial charge >= 0.3 is 0 Å². The largest absolute Gasteiger partial charge is 0.0955 e. The third-order valence-electron chi connectivity index (χ3n) is 4.81. The van der Waals surface area contributed by atoms with E-state index < -0.39 is 7.92 Å². The second-order valence-corrected chi connectivity index (χ2v) is 9.34. The van der Waals surface area contributed by atoms with Crippen molar-refractivity contribution in [2.75, 3.05) is 0 Å². The van der Waals surface area contributed by atoms with Gasteiger partial charge in [0.15, 0.2) is 0 Å². The predicted molar refractivity (Wildman–Crippen MR) is 129 cm³/mol. The van der Waals surface area contributed by atoms with Gasteiger partial charge in [-0.2, -0.15) is 0 Å². The number of hydrogen-bond donors (Lipinski definition) is 0. The third-order valence-corrected chi connectivity index (χ3v) is 7.43. The number of allylic oxidation sites excluding steroid dienone is 3. The minimum atomic E-state index is -0.788. The highest BCUT2D eigenvalue weighted by Crippen LogP contribution is 2.39. The maximum atomic E-state index is 4.25. The molecule has 3 aromatic carbocycles. The zero-order valence-corrected chi connectivity index (χ0v) is 17.9. The Morgan fingerprint density at radius 3 is 1.00 bits per heavy atom. The molecule has 28 heavy (non-hydrogen) atoms. The van der Waals surface area contributed by atoms with Crippen LogP contribution in [0.15, 0.2) is 92.5 Å². The molecular weight excluding hydrogens is 355 g/mol. The summed E-state index contributed by atoms with van der Waals surface area (Å²) in [6, 6.07) is 26.0. The van der Waals surface area contributed by atoms with Gasteiger partial charge < -0.3 is 0 Å². The summed E-state index contributed by atoms with van der Waals surface area (Å²) in [4.78, 5) is 0. The Bertz CT molecular complexity index is 918. The lowest BCUT2D eigenvalue weighted by atomic mass is 10.1. The maximum Gasteiger partial charge on any atom is -0.00758 e. The lowest BCUT2D eigenvalue weighted by Crippen LogP contribution is -2.26. The van der Waals surface area contributed by atoms with Crippen LogP contribution in [-0.4, -0.2) is 0 Å². The van der Waals surface area contributed by atoms with E-state index in [-0.39, 0.29) is 0 Å². The third kappa shape index (κ3) is 3.93. The molecular formula is C27H27P. The Labute approximate surface area is 170 Å².